The van der Waals surface area contributed by atoms with Crippen molar-refractivity contribution in [1.29, 1.82) is 0 Å². The third kappa shape index (κ3) is 4.58. The van der Waals surface area contributed by atoms with Gasteiger partial charge in [0.2, 0.25) is 0 Å². The molecule has 1 atom stereocenters. The summed E-state index contributed by atoms with van der Waals surface area (Å²) in [6.07, 6.45) is 1.75. The lowest BCUT2D eigenvalue weighted by atomic mass is 10.1. The van der Waals surface area contributed by atoms with E-state index in [1.165, 1.54) is 5.56 Å². The lowest BCUT2D eigenvalue weighted by Crippen LogP contribution is -2.51. The van der Waals surface area contributed by atoms with Gasteiger partial charge in [0.25, 0.3) is 0 Å². The molecule has 1 unspecified atom stereocenters. The van der Waals surface area contributed by atoms with E-state index in [0.717, 1.165) is 26.2 Å². The minimum atomic E-state index is 0.132. The summed E-state index contributed by atoms with van der Waals surface area (Å²) in [4.78, 5) is 4.61. The highest BCUT2D eigenvalue weighted by molar-refractivity contribution is 5.69. The zero-order valence-corrected chi connectivity index (χ0v) is 16.3. The van der Waals surface area contributed by atoms with E-state index >= 15 is 0 Å². The van der Waals surface area contributed by atoms with E-state index in [1.54, 1.807) is 24.3 Å². The first-order chi connectivity index (χ1) is 13.5. The summed E-state index contributed by atoms with van der Waals surface area (Å²) in [6.45, 7) is 5.62. The van der Waals surface area contributed by atoms with Crippen LogP contribution in [0.1, 0.15) is 18.1 Å². The van der Waals surface area contributed by atoms with Gasteiger partial charge in [0.05, 0.1) is 5.70 Å². The molecule has 0 radical (unpaired) electrons. The molecule has 2 aromatic carbocycles. The monoisotopic (exact) mass is 379 g/mol. The first-order valence-corrected chi connectivity index (χ1v) is 9.49. The lowest BCUT2D eigenvalue weighted by Gasteiger charge is -2.41. The summed E-state index contributed by atoms with van der Waals surface area (Å²) in [7, 11) is 0. The van der Waals surface area contributed by atoms with E-state index in [0.29, 0.717) is 23.0 Å². The number of phenols is 1. The van der Waals surface area contributed by atoms with E-state index in [9.17, 15) is 5.11 Å². The van der Waals surface area contributed by atoms with E-state index in [2.05, 4.69) is 41.0 Å². The van der Waals surface area contributed by atoms with Crippen LogP contribution in [0.5, 0.6) is 5.75 Å². The molecule has 1 heterocycles. The van der Waals surface area contributed by atoms with Crippen LogP contribution in [0.25, 0.3) is 5.70 Å². The predicted molar refractivity (Wildman–Crippen MR) is 114 cm³/mol. The number of nitrogens with two attached hydrogens (primary N) is 3. The summed E-state index contributed by atoms with van der Waals surface area (Å²) in [6, 6.07) is 17.8. The Balaban J connectivity index is 1.74. The Labute approximate surface area is 166 Å². The molecule has 0 saturated carbocycles. The highest BCUT2D eigenvalue weighted by Crippen LogP contribution is 2.24. The Hall–Kier alpha value is -3.12. The van der Waals surface area contributed by atoms with Gasteiger partial charge in [0.1, 0.15) is 11.6 Å². The molecular weight excluding hydrogens is 350 g/mol. The number of phenolic OH excluding ortho intramolecular Hbond substituents is 1. The van der Waals surface area contributed by atoms with Gasteiger partial charge >= 0.3 is 0 Å². The van der Waals surface area contributed by atoms with Gasteiger partial charge in [-0.1, -0.05) is 42.5 Å². The van der Waals surface area contributed by atoms with Gasteiger partial charge in [-0.25, -0.2) is 0 Å². The number of hydrogen-bond acceptors (Lipinski definition) is 6. The summed E-state index contributed by atoms with van der Waals surface area (Å²) in [5.41, 5.74) is 21.2. The quantitative estimate of drug-likeness (QED) is 0.592. The number of rotatable bonds is 5. The normalized spacial score (nSPS) is 18.1. The molecule has 0 aromatic heterocycles. The van der Waals surface area contributed by atoms with Crippen molar-refractivity contribution in [2.24, 2.45) is 17.2 Å². The molecule has 0 amide bonds. The van der Waals surface area contributed by atoms with Crippen LogP contribution in [-0.4, -0.2) is 40.6 Å². The zero-order valence-electron chi connectivity index (χ0n) is 16.3. The minimum absolute atomic E-state index is 0.132. The summed E-state index contributed by atoms with van der Waals surface area (Å²) < 4.78 is 0. The van der Waals surface area contributed by atoms with E-state index in [1.807, 2.05) is 12.1 Å². The maximum absolute atomic E-state index is 10.0. The molecule has 2 aromatic rings. The van der Waals surface area contributed by atoms with Gasteiger partial charge in [-0.3, -0.25) is 4.90 Å². The Morgan fingerprint density at radius 1 is 1.04 bits per heavy atom. The highest BCUT2D eigenvalue weighted by Gasteiger charge is 2.25. The smallest absolute Gasteiger partial charge is 0.124 e. The average Bonchev–Trinajstić information content (AvgIpc) is 2.68. The van der Waals surface area contributed by atoms with Gasteiger partial charge in [-0.15, -0.1) is 0 Å². The lowest BCUT2D eigenvalue weighted by molar-refractivity contribution is 0.0994. The second-order valence-corrected chi connectivity index (χ2v) is 7.21. The molecule has 0 bridgehead atoms. The Morgan fingerprint density at radius 2 is 1.71 bits per heavy atom. The van der Waals surface area contributed by atoms with Crippen molar-refractivity contribution in [3.05, 3.63) is 83.3 Å². The van der Waals surface area contributed by atoms with Crippen LogP contribution in [0.4, 0.5) is 0 Å². The molecule has 3 rings (SSSR count). The van der Waals surface area contributed by atoms with Crippen molar-refractivity contribution >= 4 is 5.70 Å². The number of piperazine rings is 1. The molecule has 0 aliphatic carbocycles. The second kappa shape index (κ2) is 8.71. The number of para-hydroxylation sites is 1. The van der Waals surface area contributed by atoms with E-state index in [4.69, 9.17) is 17.2 Å². The average molecular weight is 380 g/mol. The summed E-state index contributed by atoms with van der Waals surface area (Å²) in [5, 5.41) is 10.0. The first-order valence-electron chi connectivity index (χ1n) is 9.49. The number of nitrogens with zero attached hydrogens (tertiary/aromatic N) is 2. The van der Waals surface area contributed by atoms with Crippen molar-refractivity contribution < 1.29 is 5.11 Å². The molecule has 0 spiro atoms. The molecule has 148 valence electrons. The van der Waals surface area contributed by atoms with Crippen LogP contribution in [0.15, 0.2) is 72.2 Å². The molecule has 28 heavy (non-hydrogen) atoms. The number of aromatic hydroxyl groups is 1. The Kier molecular flexibility index (Phi) is 6.11. The second-order valence-electron chi connectivity index (χ2n) is 7.21. The maximum atomic E-state index is 10.0. The van der Waals surface area contributed by atoms with Crippen LogP contribution < -0.4 is 17.2 Å². The molecule has 1 aliphatic rings. The van der Waals surface area contributed by atoms with Crippen molar-refractivity contribution in [1.82, 2.24) is 9.80 Å². The third-order valence-electron chi connectivity index (χ3n) is 5.14. The fourth-order valence-electron chi connectivity index (χ4n) is 3.57. The summed E-state index contributed by atoms with van der Waals surface area (Å²) in [5.74, 6) is 0.356. The number of allylic oxidation sites excluding steroid dienone is 1. The van der Waals surface area contributed by atoms with Crippen LogP contribution in [-0.2, 0) is 6.54 Å². The first kappa shape index (κ1) is 19.6. The Bertz CT molecular complexity index is 858. The van der Waals surface area contributed by atoms with Gasteiger partial charge < -0.3 is 27.2 Å². The maximum Gasteiger partial charge on any atom is 0.124 e. The van der Waals surface area contributed by atoms with Crippen molar-refractivity contribution in [2.45, 2.75) is 19.5 Å². The third-order valence-corrected chi connectivity index (χ3v) is 5.14. The minimum Gasteiger partial charge on any atom is -0.507 e. The molecular formula is C22H29N5O. The van der Waals surface area contributed by atoms with E-state index < -0.39 is 0 Å². The Morgan fingerprint density at radius 3 is 2.36 bits per heavy atom. The molecule has 1 saturated heterocycles. The molecule has 6 heteroatoms. The molecule has 1 aliphatic heterocycles. The van der Waals surface area contributed by atoms with Crippen LogP contribution in [0.3, 0.4) is 0 Å². The SMILES string of the molecule is CC1CN(C(/C=C(\N)c2ccccc2O)=C(N)N)CCN1Cc1ccccc1. The van der Waals surface area contributed by atoms with Crippen molar-refractivity contribution in [3.8, 4) is 5.75 Å². The number of benzene rings is 2. The van der Waals surface area contributed by atoms with E-state index in [-0.39, 0.29) is 11.6 Å². The predicted octanol–water partition coefficient (Wildman–Crippen LogP) is 1.98. The fourth-order valence-corrected chi connectivity index (χ4v) is 3.57. The number of hydrogen-bond donors (Lipinski definition) is 4. The van der Waals surface area contributed by atoms with Crippen molar-refractivity contribution in [3.63, 3.8) is 0 Å². The van der Waals surface area contributed by atoms with Crippen LogP contribution in [0, 0.1) is 0 Å². The molecule has 1 fully saturated rings. The standard InChI is InChI=1S/C22H29N5O/c1-16-14-27(12-11-26(16)15-17-7-3-2-4-8-17)20(22(24)25)13-19(23)18-9-5-6-10-21(18)28/h2-10,13,16,28H,11-12,14-15,23-25H2,1H3/b19-13-. The molecule has 7 N–H and O–H groups in total. The van der Waals surface area contributed by atoms with Gasteiger partial charge in [0, 0.05) is 43.5 Å². The van der Waals surface area contributed by atoms with Crippen LogP contribution >= 0.6 is 0 Å². The topological polar surface area (TPSA) is 105 Å². The summed E-state index contributed by atoms with van der Waals surface area (Å²) >= 11 is 0. The van der Waals surface area contributed by atoms with Crippen molar-refractivity contribution in [2.75, 3.05) is 19.6 Å². The fraction of sp³-hybridized carbons (Fsp3) is 0.273. The largest absolute Gasteiger partial charge is 0.507 e. The van der Waals surface area contributed by atoms with Gasteiger partial charge in [-0.2, -0.15) is 0 Å². The van der Waals surface area contributed by atoms with Gasteiger partial charge in [-0.05, 0) is 30.7 Å². The van der Waals surface area contributed by atoms with Crippen LogP contribution in [0.2, 0.25) is 0 Å². The van der Waals surface area contributed by atoms with Gasteiger partial charge in [0.15, 0.2) is 0 Å². The zero-order chi connectivity index (χ0) is 20.1. The molecule has 6 nitrogen and oxygen atoms in total. The highest BCUT2D eigenvalue weighted by atomic mass is 16.3.